The first-order valence-electron chi connectivity index (χ1n) is 10.5. The number of anilines is 2. The van der Waals surface area contributed by atoms with Crippen LogP contribution in [0.2, 0.25) is 5.02 Å². The molecule has 0 unspecified atom stereocenters. The third-order valence-electron chi connectivity index (χ3n) is 5.58. The number of carbonyl (C=O) groups is 1. The van der Waals surface area contributed by atoms with Gasteiger partial charge >= 0.3 is 6.09 Å². The van der Waals surface area contributed by atoms with Crippen molar-refractivity contribution in [3.8, 4) is 17.2 Å². The molecule has 3 rings (SSSR count). The summed E-state index contributed by atoms with van der Waals surface area (Å²) in [5, 5.41) is 13.8. The number of hydrogen-bond acceptors (Lipinski definition) is 5. The summed E-state index contributed by atoms with van der Waals surface area (Å²) in [7, 11) is 0. The number of piperidine rings is 1. The highest BCUT2D eigenvalue weighted by molar-refractivity contribution is 6.31. The van der Waals surface area contributed by atoms with Crippen LogP contribution in [0.25, 0.3) is 11.1 Å². The highest BCUT2D eigenvalue weighted by Gasteiger charge is 2.40. The van der Waals surface area contributed by atoms with Crippen molar-refractivity contribution in [2.45, 2.75) is 39.2 Å². The van der Waals surface area contributed by atoms with Gasteiger partial charge < -0.3 is 20.7 Å². The van der Waals surface area contributed by atoms with Crippen LogP contribution in [0.5, 0.6) is 0 Å². The number of rotatable bonds is 4. The van der Waals surface area contributed by atoms with Crippen molar-refractivity contribution in [3.05, 3.63) is 59.8 Å². The number of nitrogens with zero attached hydrogens (tertiary/aromatic N) is 2. The Kier molecular flexibility index (Phi) is 6.71. The number of benzene rings is 2. The van der Waals surface area contributed by atoms with E-state index in [9.17, 15) is 10.1 Å². The number of hydrogen-bond donors (Lipinski definition) is 2. The minimum Gasteiger partial charge on any atom is -0.444 e. The van der Waals surface area contributed by atoms with E-state index in [1.807, 2.05) is 57.2 Å². The fourth-order valence-electron chi connectivity index (χ4n) is 3.74. The Bertz CT molecular complexity index is 1050. The lowest BCUT2D eigenvalue weighted by molar-refractivity contribution is 0.0168. The predicted molar refractivity (Wildman–Crippen MR) is 129 cm³/mol. The zero-order valence-corrected chi connectivity index (χ0v) is 19.5. The summed E-state index contributed by atoms with van der Waals surface area (Å²) in [6, 6.07) is 15.7. The molecule has 1 aliphatic heterocycles. The molecule has 0 bridgehead atoms. The van der Waals surface area contributed by atoms with Crippen LogP contribution in [-0.2, 0) is 4.74 Å². The number of amides is 1. The van der Waals surface area contributed by atoms with E-state index in [4.69, 9.17) is 22.1 Å². The summed E-state index contributed by atoms with van der Waals surface area (Å²) < 4.78 is 5.45. The van der Waals surface area contributed by atoms with E-state index in [0.29, 0.717) is 48.0 Å². The fourth-order valence-corrected chi connectivity index (χ4v) is 3.96. The largest absolute Gasteiger partial charge is 0.444 e. The highest BCUT2D eigenvalue weighted by Crippen LogP contribution is 2.41. The Morgan fingerprint density at radius 1 is 1.25 bits per heavy atom. The van der Waals surface area contributed by atoms with Gasteiger partial charge in [0.05, 0.1) is 22.9 Å². The zero-order valence-electron chi connectivity index (χ0n) is 18.7. The second kappa shape index (κ2) is 9.13. The van der Waals surface area contributed by atoms with Gasteiger partial charge in [-0.1, -0.05) is 48.5 Å². The average molecular weight is 453 g/mol. The average Bonchev–Trinajstić information content (AvgIpc) is 2.75. The molecule has 1 fully saturated rings. The van der Waals surface area contributed by atoms with Gasteiger partial charge in [0.1, 0.15) is 5.60 Å². The van der Waals surface area contributed by atoms with Crippen LogP contribution in [-0.4, -0.2) is 29.7 Å². The maximum Gasteiger partial charge on any atom is 0.410 e. The Labute approximate surface area is 194 Å². The van der Waals surface area contributed by atoms with Gasteiger partial charge in [0.15, 0.2) is 0 Å². The normalized spacial score (nSPS) is 15.5. The summed E-state index contributed by atoms with van der Waals surface area (Å²) in [4.78, 5) is 14.0. The summed E-state index contributed by atoms with van der Waals surface area (Å²) in [6.07, 6.45) is 0.524. The molecule has 168 valence electrons. The number of halogens is 1. The van der Waals surface area contributed by atoms with Crippen LogP contribution >= 0.6 is 11.6 Å². The Morgan fingerprint density at radius 3 is 2.44 bits per heavy atom. The Balaban J connectivity index is 1.78. The lowest BCUT2D eigenvalue weighted by Gasteiger charge is -2.39. The molecule has 1 saturated heterocycles. The molecule has 1 amide bonds. The summed E-state index contributed by atoms with van der Waals surface area (Å²) in [5.41, 5.74) is 8.48. The van der Waals surface area contributed by atoms with E-state index in [1.54, 1.807) is 11.0 Å². The molecule has 1 heterocycles. The van der Waals surface area contributed by atoms with E-state index in [2.05, 4.69) is 18.0 Å². The summed E-state index contributed by atoms with van der Waals surface area (Å²) in [6.45, 7) is 10.5. The molecular formula is C25H29ClN4O2. The van der Waals surface area contributed by atoms with E-state index in [0.717, 1.165) is 11.1 Å². The van der Waals surface area contributed by atoms with E-state index >= 15 is 0 Å². The molecule has 0 aromatic heterocycles. The number of carbonyl (C=O) groups excluding carboxylic acids is 1. The third-order valence-corrected chi connectivity index (χ3v) is 5.79. The van der Waals surface area contributed by atoms with E-state index < -0.39 is 11.0 Å². The fraction of sp³-hybridized carbons (Fsp3) is 0.360. The van der Waals surface area contributed by atoms with Crippen LogP contribution in [0.4, 0.5) is 16.2 Å². The zero-order chi connectivity index (χ0) is 23.5. The number of allylic oxidation sites excluding steroid dienone is 1. The molecule has 0 aliphatic carbocycles. The van der Waals surface area contributed by atoms with Crippen molar-refractivity contribution in [2.75, 3.05) is 24.1 Å². The molecular weight excluding hydrogens is 424 g/mol. The number of ether oxygens (including phenoxy) is 1. The van der Waals surface area contributed by atoms with Crippen LogP contribution < -0.4 is 11.1 Å². The van der Waals surface area contributed by atoms with Gasteiger partial charge in [-0.05, 0) is 51.3 Å². The first kappa shape index (κ1) is 23.5. The van der Waals surface area contributed by atoms with Crippen molar-refractivity contribution in [1.82, 2.24) is 4.90 Å². The van der Waals surface area contributed by atoms with Crippen molar-refractivity contribution >= 4 is 29.1 Å². The lowest BCUT2D eigenvalue weighted by atomic mass is 9.77. The number of nitriles is 1. The van der Waals surface area contributed by atoms with Crippen LogP contribution in [0.3, 0.4) is 0 Å². The molecule has 6 nitrogen and oxygen atoms in total. The van der Waals surface area contributed by atoms with Gasteiger partial charge in [-0.2, -0.15) is 5.26 Å². The van der Waals surface area contributed by atoms with Crippen LogP contribution in [0, 0.1) is 16.7 Å². The monoisotopic (exact) mass is 452 g/mol. The van der Waals surface area contributed by atoms with E-state index in [1.165, 1.54) is 0 Å². The molecule has 2 aromatic carbocycles. The topological polar surface area (TPSA) is 91.4 Å². The van der Waals surface area contributed by atoms with Gasteiger partial charge in [0.25, 0.3) is 0 Å². The molecule has 1 aliphatic rings. The van der Waals surface area contributed by atoms with Gasteiger partial charge in [0.2, 0.25) is 0 Å². The van der Waals surface area contributed by atoms with Gasteiger partial charge in [0, 0.05) is 29.4 Å². The molecule has 0 spiro atoms. The number of nitrogens with two attached hydrogens (primary N) is 1. The first-order valence-corrected chi connectivity index (χ1v) is 10.9. The number of nitrogen functional groups attached to an aromatic ring is 1. The second-order valence-corrected chi connectivity index (χ2v) is 9.48. The van der Waals surface area contributed by atoms with E-state index in [-0.39, 0.29) is 6.09 Å². The molecule has 2 aromatic rings. The third kappa shape index (κ3) is 5.17. The van der Waals surface area contributed by atoms with Crippen LogP contribution in [0.15, 0.2) is 54.7 Å². The Hall–Kier alpha value is -3.17. The first-order chi connectivity index (χ1) is 15.0. The quantitative estimate of drug-likeness (QED) is 0.550. The summed E-state index contributed by atoms with van der Waals surface area (Å²) >= 11 is 6.37. The SMILES string of the molecule is C=C(Nc1cc(Cl)cc(-c2ccccc2)c1N)C1(C#N)CCN(C(=O)OC(C)(C)C)CC1. The molecule has 3 N–H and O–H groups in total. The van der Waals surface area contributed by atoms with Gasteiger partial charge in [-0.25, -0.2) is 4.79 Å². The van der Waals surface area contributed by atoms with Crippen molar-refractivity contribution < 1.29 is 9.53 Å². The standard InChI is InChI=1S/C25H29ClN4O2/c1-17(25(16-27)10-12-30(13-11-25)23(31)32-24(2,3)4)29-21-15-19(26)14-20(22(21)28)18-8-6-5-7-9-18/h5-9,14-15,29H,1,10-13,28H2,2-4H3. The maximum atomic E-state index is 12.4. The molecule has 0 atom stereocenters. The molecule has 7 heteroatoms. The van der Waals surface area contributed by atoms with Crippen molar-refractivity contribution in [1.29, 1.82) is 5.26 Å². The molecule has 0 saturated carbocycles. The summed E-state index contributed by atoms with van der Waals surface area (Å²) in [5.74, 6) is 0. The maximum absolute atomic E-state index is 12.4. The minimum atomic E-state index is -0.833. The number of nitrogens with one attached hydrogen (secondary N) is 1. The number of likely N-dealkylation sites (tertiary alicyclic amines) is 1. The van der Waals surface area contributed by atoms with Crippen LogP contribution in [0.1, 0.15) is 33.6 Å². The van der Waals surface area contributed by atoms with Crippen molar-refractivity contribution in [2.24, 2.45) is 5.41 Å². The molecule has 0 radical (unpaired) electrons. The predicted octanol–water partition coefficient (Wildman–Crippen LogP) is 6.06. The minimum absolute atomic E-state index is 0.366. The van der Waals surface area contributed by atoms with Crippen molar-refractivity contribution in [3.63, 3.8) is 0 Å². The smallest absolute Gasteiger partial charge is 0.410 e. The van der Waals surface area contributed by atoms with Gasteiger partial charge in [-0.3, -0.25) is 0 Å². The lowest BCUT2D eigenvalue weighted by Crippen LogP contribution is -2.46. The van der Waals surface area contributed by atoms with Gasteiger partial charge in [-0.15, -0.1) is 0 Å². The second-order valence-electron chi connectivity index (χ2n) is 9.05. The Morgan fingerprint density at radius 2 is 1.88 bits per heavy atom. The molecule has 32 heavy (non-hydrogen) atoms. The highest BCUT2D eigenvalue weighted by atomic mass is 35.5.